The van der Waals surface area contributed by atoms with Gasteiger partial charge in [-0.05, 0) is 106 Å². The highest BCUT2D eigenvalue weighted by Gasteiger charge is 2.32. The topological polar surface area (TPSA) is 33.5 Å². The second-order valence-corrected chi connectivity index (χ2v) is 19.8. The number of anilines is 4. The molecule has 0 aliphatic carbocycles. The average Bonchev–Trinajstić information content (AvgIpc) is 3.85. The van der Waals surface area contributed by atoms with E-state index in [0.29, 0.717) is 6.67 Å². The maximum absolute atomic E-state index is 7.05. The highest BCUT2D eigenvalue weighted by Crippen LogP contribution is 2.50. The number of fused-ring (bicyclic) bond motifs is 4. The van der Waals surface area contributed by atoms with Crippen LogP contribution < -0.4 is 14.5 Å². The van der Waals surface area contributed by atoms with Gasteiger partial charge in [0.25, 0.3) is 0 Å². The quantitative estimate of drug-likeness (QED) is 0.137. The van der Waals surface area contributed by atoms with Crippen LogP contribution in [0.3, 0.4) is 0 Å². The Morgan fingerprint density at radius 1 is 0.585 bits per heavy atom. The second-order valence-electron chi connectivity index (χ2n) is 19.8. The van der Waals surface area contributed by atoms with Crippen LogP contribution in [0.15, 0.2) is 176 Å². The Morgan fingerprint density at radius 2 is 1.25 bits per heavy atom. The van der Waals surface area contributed by atoms with Crippen LogP contribution in [-0.4, -0.2) is 16.2 Å². The van der Waals surface area contributed by atoms with E-state index in [0.717, 1.165) is 64.7 Å². The number of para-hydroxylation sites is 3. The van der Waals surface area contributed by atoms with Gasteiger partial charge in [-0.25, -0.2) is 4.98 Å². The number of ether oxygens (including phenoxy) is 1. The summed E-state index contributed by atoms with van der Waals surface area (Å²) in [7, 11) is 0. The molecule has 10 rings (SSSR count). The van der Waals surface area contributed by atoms with Crippen molar-refractivity contribution >= 4 is 44.6 Å². The van der Waals surface area contributed by atoms with E-state index < -0.39 is 0 Å². The Balaban J connectivity index is 1.08. The van der Waals surface area contributed by atoms with Gasteiger partial charge in [0.05, 0.1) is 28.1 Å². The third-order valence-corrected chi connectivity index (χ3v) is 12.7. The van der Waals surface area contributed by atoms with Crippen LogP contribution in [0.2, 0.25) is 0 Å². The monoisotopic (exact) mass is 850 g/mol. The molecule has 3 heterocycles. The van der Waals surface area contributed by atoms with Gasteiger partial charge >= 0.3 is 0 Å². The molecule has 0 spiro atoms. The lowest BCUT2D eigenvalue weighted by molar-refractivity contribution is 0.411. The van der Waals surface area contributed by atoms with Gasteiger partial charge in [-0.3, -0.25) is 4.57 Å². The smallest absolute Gasteiger partial charge is 0.137 e. The van der Waals surface area contributed by atoms with E-state index in [1.54, 1.807) is 0 Å². The fraction of sp³-hybridized carbons (Fsp3) is 0.217. The molecule has 0 atom stereocenters. The summed E-state index contributed by atoms with van der Waals surface area (Å²) < 4.78 is 9.41. The fourth-order valence-electron chi connectivity index (χ4n) is 9.73. The number of nitrogens with zero attached hydrogens (tertiary/aromatic N) is 4. The van der Waals surface area contributed by atoms with Gasteiger partial charge in [-0.1, -0.05) is 158 Å². The van der Waals surface area contributed by atoms with Crippen LogP contribution in [0.25, 0.3) is 49.9 Å². The van der Waals surface area contributed by atoms with E-state index in [1.165, 1.54) is 55.4 Å². The first kappa shape index (κ1) is 41.9. The van der Waals surface area contributed by atoms with E-state index in [9.17, 15) is 0 Å². The number of hydrogen-bond acceptors (Lipinski definition) is 4. The third-order valence-electron chi connectivity index (χ3n) is 12.7. The van der Waals surface area contributed by atoms with Gasteiger partial charge in [0.15, 0.2) is 0 Å². The lowest BCUT2D eigenvalue weighted by atomic mass is 9.86. The van der Waals surface area contributed by atoms with Crippen molar-refractivity contribution in [1.29, 1.82) is 0 Å². The second kappa shape index (κ2) is 16.8. The van der Waals surface area contributed by atoms with E-state index in [4.69, 9.17) is 9.72 Å². The minimum atomic E-state index is -0.0240. The standard InChI is InChI=1S/C60H58N4O/c1-8-19-41-30-31-52-51(34-41)57-44(39-59(2,3)4)35-48(38-55(57)64(52)56-36-45(32-33-61-56)60(5,6)7)65-47-25-17-24-46(37-47)62-40-63(54-29-16-15-28-53(54)62)58-49(42-20-11-9-12-21-42)26-18-27-50(58)43-22-13-10-14-23-43/h9-18,20-38H,8,19,39-40H2,1-7H3. The molecule has 1 aliphatic heterocycles. The van der Waals surface area contributed by atoms with Crippen LogP contribution in [0.4, 0.5) is 22.7 Å². The van der Waals surface area contributed by atoms with Crippen LogP contribution in [0, 0.1) is 5.41 Å². The molecule has 324 valence electrons. The van der Waals surface area contributed by atoms with Crippen molar-refractivity contribution in [2.75, 3.05) is 16.5 Å². The number of benzene rings is 7. The summed E-state index contributed by atoms with van der Waals surface area (Å²) in [5.41, 5.74) is 15.5. The van der Waals surface area contributed by atoms with Crippen molar-refractivity contribution in [2.24, 2.45) is 5.41 Å². The van der Waals surface area contributed by atoms with Gasteiger partial charge in [-0.2, -0.15) is 0 Å². The molecule has 7 aromatic carbocycles. The van der Waals surface area contributed by atoms with Crippen LogP contribution >= 0.6 is 0 Å². The van der Waals surface area contributed by atoms with Crippen LogP contribution in [-0.2, 0) is 18.3 Å². The molecular formula is C60H58N4O. The summed E-state index contributed by atoms with van der Waals surface area (Å²) in [5, 5.41) is 2.54. The predicted molar refractivity (Wildman–Crippen MR) is 274 cm³/mol. The summed E-state index contributed by atoms with van der Waals surface area (Å²) in [6, 6.07) is 61.5. The Labute approximate surface area is 384 Å². The first-order chi connectivity index (χ1) is 31.4. The fourth-order valence-corrected chi connectivity index (χ4v) is 9.73. The molecule has 0 radical (unpaired) electrons. The number of rotatable bonds is 10. The van der Waals surface area contributed by atoms with Gasteiger partial charge in [0.1, 0.15) is 24.0 Å². The summed E-state index contributed by atoms with van der Waals surface area (Å²) in [5.74, 6) is 2.52. The van der Waals surface area contributed by atoms with E-state index in [1.807, 2.05) is 6.20 Å². The molecule has 0 saturated carbocycles. The molecular weight excluding hydrogens is 793 g/mol. The summed E-state index contributed by atoms with van der Waals surface area (Å²) in [4.78, 5) is 9.92. The molecule has 0 saturated heterocycles. The number of aromatic nitrogens is 2. The third kappa shape index (κ3) is 8.16. The van der Waals surface area contributed by atoms with Crippen molar-refractivity contribution in [1.82, 2.24) is 9.55 Å². The van der Waals surface area contributed by atoms with Gasteiger partial charge in [0.2, 0.25) is 0 Å². The van der Waals surface area contributed by atoms with Gasteiger partial charge in [0, 0.05) is 45.9 Å². The molecule has 0 unspecified atom stereocenters. The van der Waals surface area contributed by atoms with E-state index in [2.05, 4.69) is 233 Å². The van der Waals surface area contributed by atoms with Gasteiger partial charge in [-0.15, -0.1) is 0 Å². The Bertz CT molecular complexity index is 3110. The average molecular weight is 851 g/mol. The van der Waals surface area contributed by atoms with Crippen LogP contribution in [0.1, 0.15) is 71.6 Å². The number of pyridine rings is 1. The van der Waals surface area contributed by atoms with E-state index in [-0.39, 0.29) is 10.8 Å². The Morgan fingerprint density at radius 3 is 1.91 bits per heavy atom. The molecule has 0 fully saturated rings. The predicted octanol–water partition coefficient (Wildman–Crippen LogP) is 16.4. The molecule has 9 aromatic rings. The van der Waals surface area contributed by atoms with Gasteiger partial charge < -0.3 is 14.5 Å². The summed E-state index contributed by atoms with van der Waals surface area (Å²) in [6.07, 6.45) is 4.99. The zero-order chi connectivity index (χ0) is 44.9. The molecule has 0 bridgehead atoms. The molecule has 2 aromatic heterocycles. The summed E-state index contributed by atoms with van der Waals surface area (Å²) in [6.45, 7) is 16.7. The highest BCUT2D eigenvalue weighted by atomic mass is 16.5. The zero-order valence-corrected chi connectivity index (χ0v) is 38.8. The van der Waals surface area contributed by atoms with E-state index >= 15 is 0 Å². The Kier molecular flexibility index (Phi) is 10.8. The number of aryl methyl sites for hydroxylation is 1. The molecule has 5 nitrogen and oxygen atoms in total. The van der Waals surface area contributed by atoms with Crippen molar-refractivity contribution in [3.8, 4) is 39.6 Å². The van der Waals surface area contributed by atoms with Crippen molar-refractivity contribution in [3.63, 3.8) is 0 Å². The SMILES string of the molecule is CCCc1ccc2c(c1)c1c(CC(C)(C)C)cc(Oc3cccc(N4CN(c5c(-c6ccccc6)cccc5-c5ccccc5)c5ccccc54)c3)cc1n2-c1cc(C(C)(C)C)ccn1. The van der Waals surface area contributed by atoms with Crippen molar-refractivity contribution in [2.45, 2.75) is 73.1 Å². The largest absolute Gasteiger partial charge is 0.457 e. The van der Waals surface area contributed by atoms with Crippen molar-refractivity contribution < 1.29 is 4.74 Å². The maximum Gasteiger partial charge on any atom is 0.137 e. The van der Waals surface area contributed by atoms with Crippen LogP contribution in [0.5, 0.6) is 11.5 Å². The first-order valence-corrected chi connectivity index (χ1v) is 23.2. The summed E-state index contributed by atoms with van der Waals surface area (Å²) >= 11 is 0. The Hall–Kier alpha value is -7.11. The van der Waals surface area contributed by atoms with Crippen molar-refractivity contribution in [3.05, 3.63) is 193 Å². The lowest BCUT2D eigenvalue weighted by Crippen LogP contribution is -2.24. The molecule has 5 heteroatoms. The minimum Gasteiger partial charge on any atom is -0.457 e. The maximum atomic E-state index is 7.05. The minimum absolute atomic E-state index is 0.0240. The lowest BCUT2D eigenvalue weighted by Gasteiger charge is -2.27. The normalized spacial score (nSPS) is 12.9. The highest BCUT2D eigenvalue weighted by molar-refractivity contribution is 6.11. The first-order valence-electron chi connectivity index (χ1n) is 23.2. The molecule has 1 aliphatic rings. The molecule has 0 amide bonds. The zero-order valence-electron chi connectivity index (χ0n) is 38.8. The molecule has 0 N–H and O–H groups in total. The molecule has 65 heavy (non-hydrogen) atoms. The number of hydrogen-bond donors (Lipinski definition) is 0.